The van der Waals surface area contributed by atoms with Crippen molar-refractivity contribution >= 4 is 28.6 Å². The summed E-state index contributed by atoms with van der Waals surface area (Å²) in [6.45, 7) is 2.84. The number of amides is 1. The zero-order valence-electron chi connectivity index (χ0n) is 14.7. The number of benzene rings is 1. The summed E-state index contributed by atoms with van der Waals surface area (Å²) in [4.78, 5) is 25.9. The number of thiophene rings is 1. The van der Waals surface area contributed by atoms with Crippen molar-refractivity contribution in [3.63, 3.8) is 0 Å². The molecular weight excluding hydrogens is 354 g/mol. The molecule has 0 spiro atoms. The van der Waals surface area contributed by atoms with E-state index in [0.717, 1.165) is 19.4 Å². The minimum absolute atomic E-state index is 0.0845. The van der Waals surface area contributed by atoms with Gasteiger partial charge in [0.15, 0.2) is 6.04 Å². The number of rotatable bonds is 6. The summed E-state index contributed by atoms with van der Waals surface area (Å²) in [6, 6.07) is 8.39. The molecule has 0 radical (unpaired) electrons. The van der Waals surface area contributed by atoms with E-state index in [1.54, 1.807) is 11.3 Å². The largest absolute Gasteiger partial charge is 0.495 e. The summed E-state index contributed by atoms with van der Waals surface area (Å²) in [6.07, 6.45) is 2.14. The van der Waals surface area contributed by atoms with Gasteiger partial charge in [0.2, 0.25) is 0 Å². The second kappa shape index (κ2) is 7.84. The molecule has 1 aliphatic heterocycles. The van der Waals surface area contributed by atoms with Gasteiger partial charge in [-0.3, -0.25) is 14.9 Å². The number of nitrogens with one attached hydrogen (secondary N) is 2. The quantitative estimate of drug-likeness (QED) is 0.599. The number of nitrogens with zero attached hydrogens (tertiary/aromatic N) is 1. The Morgan fingerprint density at radius 3 is 2.92 bits per heavy atom. The molecular formula is C18H22N3O4S+. The maximum atomic E-state index is 12.8. The van der Waals surface area contributed by atoms with E-state index in [1.807, 2.05) is 13.0 Å². The number of hydrogen-bond acceptors (Lipinski definition) is 5. The van der Waals surface area contributed by atoms with Crippen LogP contribution in [0.1, 0.15) is 30.7 Å². The number of carbonyl (C=O) groups excluding carboxylic acids is 1. The Labute approximate surface area is 155 Å². The van der Waals surface area contributed by atoms with Gasteiger partial charge in [0, 0.05) is 25.0 Å². The molecule has 8 heteroatoms. The van der Waals surface area contributed by atoms with Crippen LogP contribution in [0.2, 0.25) is 0 Å². The molecule has 0 saturated carbocycles. The summed E-state index contributed by atoms with van der Waals surface area (Å²) >= 11 is 1.72. The van der Waals surface area contributed by atoms with Crippen molar-refractivity contribution in [3.8, 4) is 5.75 Å². The highest BCUT2D eigenvalue weighted by Crippen LogP contribution is 2.29. The van der Waals surface area contributed by atoms with Gasteiger partial charge < -0.3 is 15.0 Å². The van der Waals surface area contributed by atoms with Crippen LogP contribution in [0.4, 0.5) is 11.4 Å². The van der Waals surface area contributed by atoms with Crippen LogP contribution >= 0.6 is 11.3 Å². The second-order valence-electron chi connectivity index (χ2n) is 6.39. The smallest absolute Gasteiger partial charge is 0.282 e. The molecule has 1 saturated heterocycles. The maximum Gasteiger partial charge on any atom is 0.282 e. The fourth-order valence-corrected chi connectivity index (χ4v) is 4.42. The number of ether oxygens (including phenoxy) is 1. The summed E-state index contributed by atoms with van der Waals surface area (Å²) in [7, 11) is 1.47. The first-order valence-corrected chi connectivity index (χ1v) is 9.41. The van der Waals surface area contributed by atoms with Crippen LogP contribution in [0, 0.1) is 10.1 Å². The van der Waals surface area contributed by atoms with Gasteiger partial charge in [-0.2, -0.15) is 0 Å². The van der Waals surface area contributed by atoms with E-state index in [2.05, 4.69) is 16.8 Å². The van der Waals surface area contributed by atoms with Crippen molar-refractivity contribution in [3.05, 3.63) is 50.7 Å². The van der Waals surface area contributed by atoms with Crippen LogP contribution in [-0.2, 0) is 4.79 Å². The number of nitro benzene ring substituents is 1. The van der Waals surface area contributed by atoms with Crippen molar-refractivity contribution < 1.29 is 19.4 Å². The van der Waals surface area contributed by atoms with E-state index >= 15 is 0 Å². The Hall–Kier alpha value is -2.45. The number of carbonyl (C=O) groups is 1. The molecule has 1 amide bonds. The van der Waals surface area contributed by atoms with Crippen LogP contribution in [0.15, 0.2) is 35.7 Å². The number of quaternary nitrogens is 1. The van der Waals surface area contributed by atoms with E-state index in [1.165, 1.54) is 35.1 Å². The summed E-state index contributed by atoms with van der Waals surface area (Å²) in [5.74, 6) is 0.240. The average Bonchev–Trinajstić information content (AvgIpc) is 3.31. The topological polar surface area (TPSA) is 85.9 Å². The molecule has 138 valence electrons. The molecule has 1 aliphatic rings. The minimum Gasteiger partial charge on any atom is -0.495 e. The number of hydrogen-bond donors (Lipinski definition) is 2. The molecule has 1 fully saturated rings. The Bertz CT molecular complexity index is 794. The Morgan fingerprint density at radius 2 is 2.27 bits per heavy atom. The van der Waals surface area contributed by atoms with Crippen LogP contribution < -0.4 is 15.0 Å². The molecule has 2 aromatic rings. The summed E-state index contributed by atoms with van der Waals surface area (Å²) in [5, 5.41) is 15.9. The Balaban J connectivity index is 1.77. The minimum atomic E-state index is -0.489. The third-order valence-electron chi connectivity index (χ3n) is 4.89. The van der Waals surface area contributed by atoms with Gasteiger partial charge in [-0.1, -0.05) is 6.07 Å². The van der Waals surface area contributed by atoms with E-state index in [-0.39, 0.29) is 17.6 Å². The van der Waals surface area contributed by atoms with E-state index < -0.39 is 4.92 Å². The third-order valence-corrected chi connectivity index (χ3v) is 5.88. The molecule has 0 bridgehead atoms. The van der Waals surface area contributed by atoms with Crippen LogP contribution in [0.25, 0.3) is 0 Å². The van der Waals surface area contributed by atoms with E-state index in [4.69, 9.17) is 4.74 Å². The fourth-order valence-electron chi connectivity index (χ4n) is 3.52. The lowest BCUT2D eigenvalue weighted by Crippen LogP contribution is -3.15. The van der Waals surface area contributed by atoms with E-state index in [9.17, 15) is 14.9 Å². The molecule has 1 aromatic heterocycles. The monoisotopic (exact) mass is 376 g/mol. The van der Waals surface area contributed by atoms with Crippen LogP contribution in [0.3, 0.4) is 0 Å². The molecule has 26 heavy (non-hydrogen) atoms. The fraction of sp³-hybridized carbons (Fsp3) is 0.389. The first kappa shape index (κ1) is 18.3. The molecule has 2 N–H and O–H groups in total. The lowest BCUT2D eigenvalue weighted by Gasteiger charge is -2.26. The van der Waals surface area contributed by atoms with Crippen molar-refractivity contribution in [1.82, 2.24) is 0 Å². The summed E-state index contributed by atoms with van der Waals surface area (Å²) < 4.78 is 5.22. The van der Waals surface area contributed by atoms with Gasteiger partial charge >= 0.3 is 0 Å². The number of anilines is 1. The lowest BCUT2D eigenvalue weighted by atomic mass is 10.1. The Kier molecular flexibility index (Phi) is 5.53. The van der Waals surface area contributed by atoms with Crippen molar-refractivity contribution in [1.29, 1.82) is 0 Å². The summed E-state index contributed by atoms with van der Waals surface area (Å²) in [5.41, 5.74) is 0.239. The molecule has 1 unspecified atom stereocenters. The van der Waals surface area contributed by atoms with Gasteiger partial charge in [-0.25, -0.2) is 0 Å². The highest BCUT2D eigenvalue weighted by Gasteiger charge is 2.37. The van der Waals surface area contributed by atoms with Crippen LogP contribution in [-0.4, -0.2) is 30.5 Å². The van der Waals surface area contributed by atoms with Crippen LogP contribution in [0.5, 0.6) is 5.75 Å². The highest BCUT2D eigenvalue weighted by atomic mass is 32.1. The van der Waals surface area contributed by atoms with Gasteiger partial charge in [-0.05, 0) is 24.4 Å². The zero-order valence-corrected chi connectivity index (χ0v) is 15.5. The zero-order chi connectivity index (χ0) is 18.7. The van der Waals surface area contributed by atoms with Gasteiger partial charge in [0.05, 0.1) is 29.1 Å². The number of likely N-dealkylation sites (tertiary alicyclic amines) is 1. The first-order valence-electron chi connectivity index (χ1n) is 8.53. The van der Waals surface area contributed by atoms with Gasteiger partial charge in [-0.15, -0.1) is 11.3 Å². The molecule has 3 atom stereocenters. The Morgan fingerprint density at radius 1 is 1.46 bits per heavy atom. The predicted octanol–water partition coefficient (Wildman–Crippen LogP) is 2.41. The van der Waals surface area contributed by atoms with Crippen molar-refractivity contribution in [2.45, 2.75) is 31.8 Å². The number of methoxy groups -OCH3 is 1. The van der Waals surface area contributed by atoms with Crippen molar-refractivity contribution in [2.24, 2.45) is 0 Å². The number of non-ortho nitro benzene ring substituents is 1. The second-order valence-corrected chi connectivity index (χ2v) is 7.37. The molecule has 7 nitrogen and oxygen atoms in total. The standard InChI is InChI=1S/C18H21N3O4S/c1-12(20-9-3-5-15(20)17-6-4-10-26-17)18(22)19-14-11-13(21(23)24)7-8-16(14)25-2/h4,6-8,10-12,15H,3,5,9H2,1-2H3,(H,19,22)/p+1/t12-,15-/m1/s1. The predicted molar refractivity (Wildman–Crippen MR) is 99.9 cm³/mol. The molecule has 3 rings (SSSR count). The normalized spacial score (nSPS) is 20.5. The van der Waals surface area contributed by atoms with Crippen molar-refractivity contribution in [2.75, 3.05) is 19.0 Å². The highest BCUT2D eigenvalue weighted by molar-refractivity contribution is 7.10. The number of nitro groups is 1. The molecule has 2 heterocycles. The SMILES string of the molecule is COc1ccc([N+](=O)[O-])cc1NC(=O)[C@@H](C)[NH+]1CCC[C@@H]1c1cccs1. The van der Waals surface area contributed by atoms with E-state index in [0.29, 0.717) is 17.5 Å². The molecule has 0 aliphatic carbocycles. The first-order chi connectivity index (χ1) is 12.5. The molecule has 1 aromatic carbocycles. The van der Waals surface area contributed by atoms with Gasteiger partial charge in [0.25, 0.3) is 11.6 Å². The van der Waals surface area contributed by atoms with Gasteiger partial charge in [0.1, 0.15) is 11.8 Å². The third kappa shape index (κ3) is 3.71. The lowest BCUT2D eigenvalue weighted by molar-refractivity contribution is -0.931. The average molecular weight is 376 g/mol. The maximum absolute atomic E-state index is 12.8.